The zero-order valence-corrected chi connectivity index (χ0v) is 17.9. The van der Waals surface area contributed by atoms with Gasteiger partial charge < -0.3 is 15.5 Å². The molecule has 1 fully saturated rings. The second-order valence-corrected chi connectivity index (χ2v) is 7.38. The van der Waals surface area contributed by atoms with Crippen LogP contribution in [0.2, 0.25) is 0 Å². The lowest BCUT2D eigenvalue weighted by Gasteiger charge is -2.36. The lowest BCUT2D eigenvalue weighted by atomic mass is 9.89. The zero-order chi connectivity index (χ0) is 22.9. The fourth-order valence-electron chi connectivity index (χ4n) is 3.74. The summed E-state index contributed by atoms with van der Waals surface area (Å²) in [5.74, 6) is -1.94. The summed E-state index contributed by atoms with van der Waals surface area (Å²) in [5.41, 5.74) is 2.35. The van der Waals surface area contributed by atoms with Crippen molar-refractivity contribution >= 4 is 17.7 Å². The predicted molar refractivity (Wildman–Crippen MR) is 125 cm³/mol. The number of hydrogen-bond acceptors (Lipinski definition) is 3. The third-order valence-electron chi connectivity index (χ3n) is 5.32. The number of benzene rings is 2. The van der Waals surface area contributed by atoms with Crippen molar-refractivity contribution in [3.63, 3.8) is 0 Å². The van der Waals surface area contributed by atoms with Crippen LogP contribution in [0.4, 0.5) is 0 Å². The van der Waals surface area contributed by atoms with Crippen molar-refractivity contribution in [3.8, 4) is 0 Å². The molecule has 1 aliphatic heterocycles. The molecule has 0 aliphatic carbocycles. The summed E-state index contributed by atoms with van der Waals surface area (Å²) < 4.78 is 0. The van der Waals surface area contributed by atoms with Crippen LogP contribution in [0.25, 0.3) is 0 Å². The van der Waals surface area contributed by atoms with Crippen LogP contribution in [0.5, 0.6) is 0 Å². The molecule has 6 heteroatoms. The number of amides is 3. The molecule has 0 aromatic heterocycles. The molecule has 1 saturated heterocycles. The SMILES string of the molecule is C=C/C=C(\C=C)CNC(=O)C1C(=O)NCCN1C(=O)C(c1ccccc1)c1ccccc1. The average Bonchev–Trinajstić information content (AvgIpc) is 2.83. The van der Waals surface area contributed by atoms with Gasteiger partial charge in [0.25, 0.3) is 11.8 Å². The molecule has 0 saturated carbocycles. The number of nitrogens with zero attached hydrogens (tertiary/aromatic N) is 1. The molecule has 2 aromatic rings. The predicted octanol–water partition coefficient (Wildman–Crippen LogP) is 2.56. The van der Waals surface area contributed by atoms with Crippen LogP contribution in [0.3, 0.4) is 0 Å². The van der Waals surface area contributed by atoms with Crippen molar-refractivity contribution in [2.75, 3.05) is 19.6 Å². The highest BCUT2D eigenvalue weighted by atomic mass is 16.2. The van der Waals surface area contributed by atoms with Crippen LogP contribution in [-0.2, 0) is 14.4 Å². The number of allylic oxidation sites excluding steroid dienone is 2. The molecular formula is C26H27N3O3. The van der Waals surface area contributed by atoms with Gasteiger partial charge in [0, 0.05) is 19.6 Å². The third-order valence-corrected chi connectivity index (χ3v) is 5.32. The van der Waals surface area contributed by atoms with Gasteiger partial charge >= 0.3 is 0 Å². The molecule has 1 unspecified atom stereocenters. The quantitative estimate of drug-likeness (QED) is 0.500. The van der Waals surface area contributed by atoms with E-state index in [-0.39, 0.29) is 19.0 Å². The van der Waals surface area contributed by atoms with Gasteiger partial charge in [-0.15, -0.1) is 0 Å². The Labute approximate surface area is 188 Å². The van der Waals surface area contributed by atoms with Crippen molar-refractivity contribution in [2.24, 2.45) is 0 Å². The molecule has 1 heterocycles. The van der Waals surface area contributed by atoms with Crippen LogP contribution in [0.15, 0.2) is 97.6 Å². The van der Waals surface area contributed by atoms with Gasteiger partial charge in [0.05, 0.1) is 5.92 Å². The van der Waals surface area contributed by atoms with Crippen molar-refractivity contribution in [2.45, 2.75) is 12.0 Å². The summed E-state index contributed by atoms with van der Waals surface area (Å²) >= 11 is 0. The minimum atomic E-state index is -1.25. The topological polar surface area (TPSA) is 78.5 Å². The first-order valence-electron chi connectivity index (χ1n) is 10.5. The summed E-state index contributed by atoms with van der Waals surface area (Å²) in [6, 6.07) is 17.5. The molecule has 0 spiro atoms. The summed E-state index contributed by atoms with van der Waals surface area (Å²) in [7, 11) is 0. The van der Waals surface area contributed by atoms with Crippen LogP contribution >= 0.6 is 0 Å². The van der Waals surface area contributed by atoms with Crippen molar-refractivity contribution in [3.05, 3.63) is 109 Å². The van der Waals surface area contributed by atoms with Crippen LogP contribution in [0, 0.1) is 0 Å². The first-order valence-corrected chi connectivity index (χ1v) is 10.5. The number of carbonyl (C=O) groups is 3. The second-order valence-electron chi connectivity index (χ2n) is 7.38. The van der Waals surface area contributed by atoms with Gasteiger partial charge in [-0.05, 0) is 16.7 Å². The number of nitrogens with one attached hydrogen (secondary N) is 2. The molecular weight excluding hydrogens is 402 g/mol. The molecule has 0 radical (unpaired) electrons. The van der Waals surface area contributed by atoms with E-state index in [9.17, 15) is 14.4 Å². The Bertz CT molecular complexity index is 976. The summed E-state index contributed by atoms with van der Waals surface area (Å²) in [5, 5.41) is 5.44. The molecule has 3 amide bonds. The second kappa shape index (κ2) is 10.9. The minimum absolute atomic E-state index is 0.182. The molecule has 3 rings (SSSR count). The Morgan fingerprint density at radius 1 is 1.06 bits per heavy atom. The maximum atomic E-state index is 13.8. The number of piperazine rings is 1. The first kappa shape index (κ1) is 22.7. The van der Waals surface area contributed by atoms with E-state index in [4.69, 9.17) is 0 Å². The highest BCUT2D eigenvalue weighted by Crippen LogP contribution is 2.28. The molecule has 32 heavy (non-hydrogen) atoms. The van der Waals surface area contributed by atoms with E-state index in [0.29, 0.717) is 6.54 Å². The molecule has 6 nitrogen and oxygen atoms in total. The normalized spacial score (nSPS) is 16.3. The fraction of sp³-hybridized carbons (Fsp3) is 0.192. The summed E-state index contributed by atoms with van der Waals surface area (Å²) in [6.07, 6.45) is 4.92. The van der Waals surface area contributed by atoms with E-state index in [0.717, 1.165) is 16.7 Å². The monoisotopic (exact) mass is 429 g/mol. The van der Waals surface area contributed by atoms with Gasteiger partial charge in [0.2, 0.25) is 5.91 Å². The standard InChI is InChI=1S/C26H27N3O3/c1-3-11-19(4-2)18-28-25(31)23-24(30)27-16-17-29(23)26(32)22(20-12-7-5-8-13-20)21-14-9-6-10-15-21/h3-15,22-23H,1-2,16-18H2,(H,27,30)(H,28,31)/b19-11+. The van der Waals surface area contributed by atoms with Crippen molar-refractivity contribution < 1.29 is 14.4 Å². The van der Waals surface area contributed by atoms with Gasteiger partial charge in [-0.1, -0.05) is 92.0 Å². The molecule has 0 bridgehead atoms. The minimum Gasteiger partial charge on any atom is -0.352 e. The average molecular weight is 430 g/mol. The van der Waals surface area contributed by atoms with Crippen molar-refractivity contribution in [1.82, 2.24) is 15.5 Å². The van der Waals surface area contributed by atoms with Crippen LogP contribution in [-0.4, -0.2) is 48.3 Å². The highest BCUT2D eigenvalue weighted by molar-refractivity contribution is 6.08. The van der Waals surface area contributed by atoms with Gasteiger partial charge in [-0.2, -0.15) is 0 Å². The molecule has 1 aliphatic rings. The fourth-order valence-corrected chi connectivity index (χ4v) is 3.74. The molecule has 2 aromatic carbocycles. The number of carbonyl (C=O) groups excluding carboxylic acids is 3. The number of hydrogen-bond donors (Lipinski definition) is 2. The van der Waals surface area contributed by atoms with Crippen LogP contribution < -0.4 is 10.6 Å². The third kappa shape index (κ3) is 5.21. The van der Waals surface area contributed by atoms with Crippen molar-refractivity contribution in [1.29, 1.82) is 0 Å². The lowest BCUT2D eigenvalue weighted by Crippen LogP contribution is -2.63. The Morgan fingerprint density at radius 2 is 1.66 bits per heavy atom. The van der Waals surface area contributed by atoms with E-state index in [2.05, 4.69) is 23.8 Å². The highest BCUT2D eigenvalue weighted by Gasteiger charge is 2.41. The maximum absolute atomic E-state index is 13.8. The van der Waals surface area contributed by atoms with Crippen LogP contribution in [0.1, 0.15) is 17.0 Å². The smallest absolute Gasteiger partial charge is 0.252 e. The van der Waals surface area contributed by atoms with Gasteiger partial charge in [0.15, 0.2) is 6.04 Å². The first-order chi connectivity index (χ1) is 15.6. The van der Waals surface area contributed by atoms with E-state index >= 15 is 0 Å². The molecule has 1 atom stereocenters. The van der Waals surface area contributed by atoms with Gasteiger partial charge in [-0.25, -0.2) is 0 Å². The van der Waals surface area contributed by atoms with Gasteiger partial charge in [0.1, 0.15) is 0 Å². The Balaban J connectivity index is 1.91. The number of rotatable bonds is 8. The van der Waals surface area contributed by atoms with E-state index in [1.54, 1.807) is 18.2 Å². The summed E-state index contributed by atoms with van der Waals surface area (Å²) in [4.78, 5) is 40.8. The lowest BCUT2D eigenvalue weighted by molar-refractivity contribution is -0.150. The Kier molecular flexibility index (Phi) is 7.75. The largest absolute Gasteiger partial charge is 0.352 e. The molecule has 164 valence electrons. The molecule has 2 N–H and O–H groups in total. The zero-order valence-electron chi connectivity index (χ0n) is 17.9. The van der Waals surface area contributed by atoms with E-state index in [1.807, 2.05) is 60.7 Å². The Morgan fingerprint density at radius 3 is 2.19 bits per heavy atom. The maximum Gasteiger partial charge on any atom is 0.252 e. The van der Waals surface area contributed by atoms with E-state index < -0.39 is 23.8 Å². The Hall–Kier alpha value is -3.93. The summed E-state index contributed by atoms with van der Waals surface area (Å²) in [6.45, 7) is 8.06. The van der Waals surface area contributed by atoms with Gasteiger partial charge in [-0.3, -0.25) is 14.4 Å². The van der Waals surface area contributed by atoms with E-state index in [1.165, 1.54) is 4.90 Å².